The van der Waals surface area contributed by atoms with Crippen LogP contribution in [0.2, 0.25) is 0 Å². The molecule has 0 bridgehead atoms. The molecule has 0 spiro atoms. The zero-order chi connectivity index (χ0) is 19.7. The van der Waals surface area contributed by atoms with Gasteiger partial charge in [-0.25, -0.2) is 4.79 Å². The Bertz CT molecular complexity index is 1050. The largest absolute Gasteiger partial charge is 0.419 e. The molecule has 0 radical (unpaired) electrons. The highest BCUT2D eigenvalue weighted by atomic mass is 16.4. The van der Waals surface area contributed by atoms with Crippen molar-refractivity contribution in [3.05, 3.63) is 58.6 Å². The number of amides is 1. The zero-order valence-electron chi connectivity index (χ0n) is 15.6. The Morgan fingerprint density at radius 1 is 1.07 bits per heavy atom. The number of hydrogen-bond acceptors (Lipinski definition) is 5. The minimum atomic E-state index is -0.686. The number of hydrogen-bond donors (Lipinski definition) is 2. The topological polar surface area (TPSA) is 107 Å². The van der Waals surface area contributed by atoms with Gasteiger partial charge in [-0.05, 0) is 54.8 Å². The van der Waals surface area contributed by atoms with Crippen LogP contribution in [0.5, 0.6) is 0 Å². The Morgan fingerprint density at radius 3 is 2.43 bits per heavy atom. The number of carbonyl (C=O) groups excluding carboxylic acids is 1. The van der Waals surface area contributed by atoms with E-state index < -0.39 is 11.9 Å². The van der Waals surface area contributed by atoms with Crippen molar-refractivity contribution in [2.24, 2.45) is 11.5 Å². The number of likely N-dealkylation sites (tertiary alicyclic amines) is 1. The quantitative estimate of drug-likeness (QED) is 0.643. The van der Waals surface area contributed by atoms with Crippen LogP contribution in [0.15, 0.2) is 51.7 Å². The third-order valence-electron chi connectivity index (χ3n) is 5.36. The molecule has 3 aromatic rings. The number of benzene rings is 2. The Labute approximate surface area is 162 Å². The van der Waals surface area contributed by atoms with Crippen molar-refractivity contribution in [1.29, 1.82) is 0 Å². The van der Waals surface area contributed by atoms with Crippen LogP contribution in [-0.4, -0.2) is 41.1 Å². The van der Waals surface area contributed by atoms with E-state index >= 15 is 0 Å². The fourth-order valence-electron chi connectivity index (χ4n) is 3.49. The molecule has 4 N–H and O–H groups in total. The van der Waals surface area contributed by atoms with Crippen molar-refractivity contribution in [1.82, 2.24) is 9.47 Å². The number of nitrogens with two attached hydrogens (primary N) is 2. The van der Waals surface area contributed by atoms with Gasteiger partial charge in [-0.2, -0.15) is 0 Å². The standard InChI is InChI=1S/C21H24N4O3/c22-17(20(23)26)12-14-2-4-15(5-3-14)16-6-7-19-18(13-16)25(21(27)28-19)11-10-24-8-1-9-24/h2-7,13,17H,1,8-12,22H2,(H2,23,26)/t17-/m0/s1. The summed E-state index contributed by atoms with van der Waals surface area (Å²) in [5.41, 5.74) is 15.3. The summed E-state index contributed by atoms with van der Waals surface area (Å²) in [6, 6.07) is 12.9. The number of fused-ring (bicyclic) bond motifs is 1. The molecular weight excluding hydrogens is 356 g/mol. The average molecular weight is 380 g/mol. The van der Waals surface area contributed by atoms with E-state index in [1.807, 2.05) is 42.5 Å². The fraction of sp³-hybridized carbons (Fsp3) is 0.333. The number of oxazole rings is 1. The second-order valence-electron chi connectivity index (χ2n) is 7.31. The first-order chi connectivity index (χ1) is 13.5. The Balaban J connectivity index is 1.58. The van der Waals surface area contributed by atoms with E-state index in [4.69, 9.17) is 15.9 Å². The second kappa shape index (κ2) is 7.61. The van der Waals surface area contributed by atoms with Gasteiger partial charge in [0.1, 0.15) is 0 Å². The molecule has 7 nitrogen and oxygen atoms in total. The SMILES string of the molecule is NC(=O)[C@@H](N)Cc1ccc(-c2ccc3oc(=O)n(CCN4CCC4)c3c2)cc1. The van der Waals surface area contributed by atoms with E-state index in [-0.39, 0.29) is 5.76 Å². The molecule has 1 aromatic heterocycles. The molecule has 1 amide bonds. The third kappa shape index (κ3) is 3.72. The molecule has 0 saturated carbocycles. The lowest BCUT2D eigenvalue weighted by molar-refractivity contribution is -0.119. The van der Waals surface area contributed by atoms with Gasteiger partial charge in [0.05, 0.1) is 11.6 Å². The van der Waals surface area contributed by atoms with Crippen molar-refractivity contribution in [3.8, 4) is 11.1 Å². The predicted molar refractivity (Wildman–Crippen MR) is 108 cm³/mol. The van der Waals surface area contributed by atoms with Gasteiger partial charge in [0.15, 0.2) is 5.58 Å². The molecule has 1 aliphatic rings. The number of nitrogens with zero attached hydrogens (tertiary/aromatic N) is 2. The van der Waals surface area contributed by atoms with Gasteiger partial charge < -0.3 is 20.8 Å². The van der Waals surface area contributed by atoms with E-state index in [0.717, 1.165) is 41.8 Å². The van der Waals surface area contributed by atoms with Gasteiger partial charge in [0.25, 0.3) is 0 Å². The van der Waals surface area contributed by atoms with Crippen LogP contribution in [0.4, 0.5) is 0 Å². The highest BCUT2D eigenvalue weighted by molar-refractivity contribution is 5.81. The minimum Gasteiger partial charge on any atom is -0.408 e. The Hall–Kier alpha value is -2.90. The van der Waals surface area contributed by atoms with Gasteiger partial charge in [0.2, 0.25) is 5.91 Å². The summed E-state index contributed by atoms with van der Waals surface area (Å²) in [6.07, 6.45) is 1.64. The minimum absolute atomic E-state index is 0.316. The molecule has 7 heteroatoms. The van der Waals surface area contributed by atoms with Crippen LogP contribution < -0.4 is 17.2 Å². The van der Waals surface area contributed by atoms with Crippen LogP contribution >= 0.6 is 0 Å². The summed E-state index contributed by atoms with van der Waals surface area (Å²) in [5, 5.41) is 0. The first-order valence-electron chi connectivity index (χ1n) is 9.51. The molecule has 1 fully saturated rings. The Kier molecular flexibility index (Phi) is 5.02. The van der Waals surface area contributed by atoms with Crippen LogP contribution in [-0.2, 0) is 17.8 Å². The molecule has 2 aromatic carbocycles. The second-order valence-corrected chi connectivity index (χ2v) is 7.31. The highest BCUT2D eigenvalue weighted by Crippen LogP contribution is 2.25. The van der Waals surface area contributed by atoms with Gasteiger partial charge >= 0.3 is 5.76 Å². The molecule has 28 heavy (non-hydrogen) atoms. The molecular formula is C21H24N4O3. The first-order valence-corrected chi connectivity index (χ1v) is 9.51. The van der Waals surface area contributed by atoms with E-state index in [1.165, 1.54) is 6.42 Å². The zero-order valence-corrected chi connectivity index (χ0v) is 15.6. The summed E-state index contributed by atoms with van der Waals surface area (Å²) < 4.78 is 7.10. The molecule has 2 heterocycles. The van der Waals surface area contributed by atoms with Crippen molar-refractivity contribution >= 4 is 17.0 Å². The number of rotatable bonds is 7. The van der Waals surface area contributed by atoms with Crippen molar-refractivity contribution in [2.45, 2.75) is 25.4 Å². The van der Waals surface area contributed by atoms with Gasteiger partial charge in [0, 0.05) is 13.1 Å². The normalized spacial score (nSPS) is 15.5. The molecule has 1 atom stereocenters. The van der Waals surface area contributed by atoms with Gasteiger partial charge in [-0.1, -0.05) is 30.3 Å². The molecule has 1 saturated heterocycles. The van der Waals surface area contributed by atoms with Crippen LogP contribution in [0, 0.1) is 0 Å². The summed E-state index contributed by atoms with van der Waals surface area (Å²) in [7, 11) is 0. The van der Waals surface area contributed by atoms with Crippen molar-refractivity contribution in [3.63, 3.8) is 0 Å². The van der Waals surface area contributed by atoms with E-state index in [9.17, 15) is 9.59 Å². The smallest absolute Gasteiger partial charge is 0.408 e. The first kappa shape index (κ1) is 18.5. The van der Waals surface area contributed by atoms with Gasteiger partial charge in [-0.3, -0.25) is 9.36 Å². The summed E-state index contributed by atoms with van der Waals surface area (Å²) in [5.74, 6) is -0.825. The van der Waals surface area contributed by atoms with Crippen LogP contribution in [0.3, 0.4) is 0 Å². The van der Waals surface area contributed by atoms with Crippen LogP contribution in [0.25, 0.3) is 22.2 Å². The van der Waals surface area contributed by atoms with Crippen LogP contribution in [0.1, 0.15) is 12.0 Å². The highest BCUT2D eigenvalue weighted by Gasteiger charge is 2.16. The molecule has 1 aliphatic heterocycles. The number of aromatic nitrogens is 1. The van der Waals surface area contributed by atoms with E-state index in [0.29, 0.717) is 18.5 Å². The molecule has 4 rings (SSSR count). The number of primary amides is 1. The average Bonchev–Trinajstić information content (AvgIpc) is 2.95. The predicted octanol–water partition coefficient (Wildman–Crippen LogP) is 1.32. The maximum absolute atomic E-state index is 12.2. The third-order valence-corrected chi connectivity index (χ3v) is 5.36. The monoisotopic (exact) mass is 380 g/mol. The summed E-state index contributed by atoms with van der Waals surface area (Å²) >= 11 is 0. The van der Waals surface area contributed by atoms with E-state index in [2.05, 4.69) is 4.90 Å². The van der Waals surface area contributed by atoms with E-state index in [1.54, 1.807) is 4.57 Å². The lowest BCUT2D eigenvalue weighted by Crippen LogP contribution is -2.39. The molecule has 146 valence electrons. The van der Waals surface area contributed by atoms with Gasteiger partial charge in [-0.15, -0.1) is 0 Å². The molecule has 0 aliphatic carbocycles. The lowest BCUT2D eigenvalue weighted by atomic mass is 10.0. The lowest BCUT2D eigenvalue weighted by Gasteiger charge is -2.30. The van der Waals surface area contributed by atoms with Crippen molar-refractivity contribution in [2.75, 3.05) is 19.6 Å². The van der Waals surface area contributed by atoms with Crippen molar-refractivity contribution < 1.29 is 9.21 Å². The number of carbonyl (C=O) groups is 1. The summed E-state index contributed by atoms with van der Waals surface area (Å²) in [6.45, 7) is 3.68. The Morgan fingerprint density at radius 2 is 1.79 bits per heavy atom. The maximum atomic E-state index is 12.2. The molecule has 0 unspecified atom stereocenters. The maximum Gasteiger partial charge on any atom is 0.419 e. The fourth-order valence-corrected chi connectivity index (χ4v) is 3.49. The summed E-state index contributed by atoms with van der Waals surface area (Å²) in [4.78, 5) is 25.7.